The van der Waals surface area contributed by atoms with Crippen LogP contribution in [0.1, 0.15) is 37.5 Å². The second-order valence-corrected chi connectivity index (χ2v) is 4.10. The van der Waals surface area contributed by atoms with Gasteiger partial charge >= 0.3 is 11.3 Å². The molecule has 0 unspecified atom stereocenters. The zero-order valence-electron chi connectivity index (χ0n) is 8.02. The third kappa shape index (κ3) is 2.28. The molecule has 0 saturated heterocycles. The van der Waals surface area contributed by atoms with E-state index >= 15 is 0 Å². The Balaban J connectivity index is 1.96. The number of hydrogen-bond acceptors (Lipinski definition) is 4. The maximum Gasteiger partial charge on any atom is 0.312 e. The lowest BCUT2D eigenvalue weighted by Crippen LogP contribution is -2.20. The molecule has 1 fully saturated rings. The fourth-order valence-corrected chi connectivity index (χ4v) is 2.08. The monoisotopic (exact) mass is 230 g/mol. The predicted octanol–water partition coefficient (Wildman–Crippen LogP) is 2.08. The van der Waals surface area contributed by atoms with Crippen LogP contribution in [-0.2, 0) is 4.79 Å². The van der Waals surface area contributed by atoms with Gasteiger partial charge in [-0.25, -0.2) is 0 Å². The first-order chi connectivity index (χ1) is 7.16. The second kappa shape index (κ2) is 4.18. The molecular formula is C9H11ClN2O3. The van der Waals surface area contributed by atoms with E-state index in [1.165, 1.54) is 0 Å². The Bertz CT molecular complexity index is 358. The molecule has 1 aromatic heterocycles. The van der Waals surface area contributed by atoms with Gasteiger partial charge in [0.25, 0.3) is 0 Å². The van der Waals surface area contributed by atoms with Gasteiger partial charge in [-0.1, -0.05) is 5.10 Å². The fourth-order valence-electron chi connectivity index (χ4n) is 1.97. The van der Waals surface area contributed by atoms with E-state index in [0.717, 1.165) is 12.8 Å². The number of carbonyl (C=O) groups is 1. The first-order valence-corrected chi connectivity index (χ1v) is 5.26. The summed E-state index contributed by atoms with van der Waals surface area (Å²) in [5.41, 5.74) is 0. The zero-order chi connectivity index (χ0) is 10.8. The van der Waals surface area contributed by atoms with Crippen molar-refractivity contribution < 1.29 is 14.3 Å². The van der Waals surface area contributed by atoms with Gasteiger partial charge in [-0.3, -0.25) is 4.79 Å². The van der Waals surface area contributed by atoms with Crippen LogP contribution in [0.4, 0.5) is 0 Å². The SMILES string of the molecule is O=C(O)C1CCC(c2nnc(Cl)o2)CC1. The van der Waals surface area contributed by atoms with Crippen molar-refractivity contribution in [1.29, 1.82) is 0 Å². The maximum atomic E-state index is 10.7. The van der Waals surface area contributed by atoms with Crippen LogP contribution in [0.2, 0.25) is 5.35 Å². The summed E-state index contributed by atoms with van der Waals surface area (Å²) in [7, 11) is 0. The number of aliphatic carboxylic acids is 1. The van der Waals surface area contributed by atoms with Crippen molar-refractivity contribution in [3.8, 4) is 0 Å². The van der Waals surface area contributed by atoms with Gasteiger partial charge in [0.1, 0.15) is 0 Å². The lowest BCUT2D eigenvalue weighted by Gasteiger charge is -2.23. The molecule has 0 bridgehead atoms. The maximum absolute atomic E-state index is 10.7. The van der Waals surface area contributed by atoms with Crippen LogP contribution in [0.15, 0.2) is 4.42 Å². The van der Waals surface area contributed by atoms with Crippen molar-refractivity contribution in [2.75, 3.05) is 0 Å². The normalized spacial score (nSPS) is 26.5. The molecule has 82 valence electrons. The molecule has 1 N–H and O–H groups in total. The molecule has 0 spiro atoms. The Morgan fingerprint density at radius 3 is 2.47 bits per heavy atom. The molecule has 15 heavy (non-hydrogen) atoms. The molecule has 2 rings (SSSR count). The van der Waals surface area contributed by atoms with Crippen molar-refractivity contribution >= 4 is 17.6 Å². The number of halogens is 1. The fraction of sp³-hybridized carbons (Fsp3) is 0.667. The molecule has 1 heterocycles. The Morgan fingerprint density at radius 2 is 2.00 bits per heavy atom. The molecule has 0 aliphatic heterocycles. The summed E-state index contributed by atoms with van der Waals surface area (Å²) in [6.45, 7) is 0. The first kappa shape index (κ1) is 10.4. The Kier molecular flexibility index (Phi) is 2.90. The van der Waals surface area contributed by atoms with Crippen molar-refractivity contribution in [2.24, 2.45) is 5.92 Å². The van der Waals surface area contributed by atoms with Crippen LogP contribution in [0.3, 0.4) is 0 Å². The van der Waals surface area contributed by atoms with E-state index in [4.69, 9.17) is 21.1 Å². The average molecular weight is 231 g/mol. The van der Waals surface area contributed by atoms with Gasteiger partial charge in [0.15, 0.2) is 0 Å². The van der Waals surface area contributed by atoms with E-state index in [1.54, 1.807) is 0 Å². The predicted molar refractivity (Wildman–Crippen MR) is 51.6 cm³/mol. The van der Waals surface area contributed by atoms with Gasteiger partial charge in [-0.15, -0.1) is 5.10 Å². The summed E-state index contributed by atoms with van der Waals surface area (Å²) in [6.07, 6.45) is 2.88. The number of carboxylic acids is 1. The van der Waals surface area contributed by atoms with E-state index in [-0.39, 0.29) is 17.2 Å². The summed E-state index contributed by atoms with van der Waals surface area (Å²) in [4.78, 5) is 10.7. The largest absolute Gasteiger partial charge is 0.481 e. The van der Waals surface area contributed by atoms with Gasteiger partial charge in [0.05, 0.1) is 5.92 Å². The molecule has 0 radical (unpaired) electrons. The van der Waals surface area contributed by atoms with E-state index in [9.17, 15) is 4.79 Å². The Labute approximate surface area is 91.4 Å². The minimum atomic E-state index is -0.711. The summed E-state index contributed by atoms with van der Waals surface area (Å²) in [5.74, 6) is -0.235. The summed E-state index contributed by atoms with van der Waals surface area (Å²) < 4.78 is 5.11. The van der Waals surface area contributed by atoms with Gasteiger partial charge in [-0.2, -0.15) is 0 Å². The summed E-state index contributed by atoms with van der Waals surface area (Å²) in [6, 6.07) is 0. The van der Waals surface area contributed by atoms with Gasteiger partial charge in [0.2, 0.25) is 5.89 Å². The Hall–Kier alpha value is -1.10. The number of nitrogens with zero attached hydrogens (tertiary/aromatic N) is 2. The van der Waals surface area contributed by atoms with Crippen LogP contribution < -0.4 is 0 Å². The molecule has 0 amide bonds. The molecule has 5 nitrogen and oxygen atoms in total. The highest BCUT2D eigenvalue weighted by Gasteiger charge is 2.29. The zero-order valence-corrected chi connectivity index (χ0v) is 8.78. The number of carboxylic acid groups (broad SMARTS) is 1. The van der Waals surface area contributed by atoms with Crippen molar-refractivity contribution in [2.45, 2.75) is 31.6 Å². The van der Waals surface area contributed by atoms with E-state index in [2.05, 4.69) is 10.2 Å². The van der Waals surface area contributed by atoms with Crippen molar-refractivity contribution in [3.05, 3.63) is 11.2 Å². The van der Waals surface area contributed by atoms with Gasteiger partial charge in [-0.05, 0) is 37.3 Å². The molecule has 1 aliphatic carbocycles. The lowest BCUT2D eigenvalue weighted by atomic mass is 9.82. The van der Waals surface area contributed by atoms with Crippen molar-refractivity contribution in [3.63, 3.8) is 0 Å². The topological polar surface area (TPSA) is 76.2 Å². The van der Waals surface area contributed by atoms with Crippen LogP contribution in [0.25, 0.3) is 0 Å². The van der Waals surface area contributed by atoms with E-state index < -0.39 is 5.97 Å². The quantitative estimate of drug-likeness (QED) is 0.842. The Morgan fingerprint density at radius 1 is 1.33 bits per heavy atom. The molecular weight excluding hydrogens is 220 g/mol. The standard InChI is InChI=1S/C9H11ClN2O3/c10-9-12-11-7(15-9)5-1-3-6(4-2-5)8(13)14/h5-6H,1-4H2,(H,13,14). The van der Waals surface area contributed by atoms with E-state index in [0.29, 0.717) is 18.7 Å². The highest BCUT2D eigenvalue weighted by atomic mass is 35.5. The van der Waals surface area contributed by atoms with Crippen LogP contribution in [0, 0.1) is 5.92 Å². The average Bonchev–Trinajstić information content (AvgIpc) is 2.65. The molecule has 1 aromatic rings. The molecule has 0 aromatic carbocycles. The van der Waals surface area contributed by atoms with Gasteiger partial charge in [0, 0.05) is 5.92 Å². The minimum absolute atomic E-state index is 0.0466. The number of hydrogen-bond donors (Lipinski definition) is 1. The van der Waals surface area contributed by atoms with Gasteiger partial charge < -0.3 is 9.52 Å². The lowest BCUT2D eigenvalue weighted by molar-refractivity contribution is -0.142. The third-order valence-corrected chi connectivity index (χ3v) is 2.99. The molecule has 0 atom stereocenters. The molecule has 1 saturated carbocycles. The van der Waals surface area contributed by atoms with Crippen LogP contribution >= 0.6 is 11.6 Å². The number of aromatic nitrogens is 2. The number of rotatable bonds is 2. The molecule has 6 heteroatoms. The van der Waals surface area contributed by atoms with Crippen LogP contribution in [0.5, 0.6) is 0 Å². The highest BCUT2D eigenvalue weighted by Crippen LogP contribution is 2.35. The van der Waals surface area contributed by atoms with E-state index in [1.807, 2.05) is 0 Å². The van der Waals surface area contributed by atoms with Crippen LogP contribution in [-0.4, -0.2) is 21.3 Å². The smallest absolute Gasteiger partial charge is 0.312 e. The van der Waals surface area contributed by atoms with Crippen molar-refractivity contribution in [1.82, 2.24) is 10.2 Å². The highest BCUT2D eigenvalue weighted by molar-refractivity contribution is 6.27. The molecule has 1 aliphatic rings. The first-order valence-electron chi connectivity index (χ1n) is 4.88. The third-order valence-electron chi connectivity index (χ3n) is 2.84. The minimum Gasteiger partial charge on any atom is -0.481 e. The summed E-state index contributed by atoms with van der Waals surface area (Å²) in [5, 5.41) is 16.3. The second-order valence-electron chi connectivity index (χ2n) is 3.78. The summed E-state index contributed by atoms with van der Waals surface area (Å²) >= 11 is 5.52.